The Labute approximate surface area is 119 Å². The highest BCUT2D eigenvalue weighted by Gasteiger charge is 2.22. The van der Waals surface area contributed by atoms with Crippen LogP contribution in [0.15, 0.2) is 30.3 Å². The molecule has 0 bridgehead atoms. The SMILES string of the molecule is CCOC(=O)c1c(C)c(C)n(Cc2ccccc2)c1N. The highest BCUT2D eigenvalue weighted by Crippen LogP contribution is 2.26. The number of anilines is 1. The van der Waals surface area contributed by atoms with E-state index < -0.39 is 0 Å². The molecular weight excluding hydrogens is 252 g/mol. The summed E-state index contributed by atoms with van der Waals surface area (Å²) >= 11 is 0. The standard InChI is InChI=1S/C16H20N2O2/c1-4-20-16(19)14-11(2)12(3)18(15(14)17)10-13-8-6-5-7-9-13/h5-9H,4,10,17H2,1-3H3. The Morgan fingerprint density at radius 1 is 1.25 bits per heavy atom. The summed E-state index contributed by atoms with van der Waals surface area (Å²) in [5.41, 5.74) is 9.66. The summed E-state index contributed by atoms with van der Waals surface area (Å²) in [6.45, 7) is 6.66. The molecule has 0 unspecified atom stereocenters. The third-order valence-electron chi connectivity index (χ3n) is 3.53. The van der Waals surface area contributed by atoms with Crippen LogP contribution >= 0.6 is 0 Å². The molecule has 0 atom stereocenters. The molecule has 4 heteroatoms. The van der Waals surface area contributed by atoms with Crippen LogP contribution in [0.25, 0.3) is 0 Å². The smallest absolute Gasteiger partial charge is 0.342 e. The lowest BCUT2D eigenvalue weighted by atomic mass is 10.1. The largest absolute Gasteiger partial charge is 0.462 e. The summed E-state index contributed by atoms with van der Waals surface area (Å²) in [7, 11) is 0. The Hall–Kier alpha value is -2.23. The molecule has 0 aliphatic heterocycles. The minimum atomic E-state index is -0.350. The van der Waals surface area contributed by atoms with Crippen LogP contribution in [0.2, 0.25) is 0 Å². The summed E-state index contributed by atoms with van der Waals surface area (Å²) in [4.78, 5) is 12.0. The van der Waals surface area contributed by atoms with E-state index in [1.807, 2.05) is 48.7 Å². The van der Waals surface area contributed by atoms with Gasteiger partial charge in [0.2, 0.25) is 0 Å². The lowest BCUT2D eigenvalue weighted by Crippen LogP contribution is -2.10. The van der Waals surface area contributed by atoms with Crippen molar-refractivity contribution in [2.75, 3.05) is 12.3 Å². The molecule has 1 heterocycles. The first-order valence-corrected chi connectivity index (χ1v) is 6.72. The zero-order valence-electron chi connectivity index (χ0n) is 12.1. The number of benzene rings is 1. The molecule has 2 N–H and O–H groups in total. The Balaban J connectivity index is 2.40. The quantitative estimate of drug-likeness (QED) is 0.871. The van der Waals surface area contributed by atoms with Crippen LogP contribution in [0.5, 0.6) is 0 Å². The van der Waals surface area contributed by atoms with Crippen molar-refractivity contribution in [3.63, 3.8) is 0 Å². The number of rotatable bonds is 4. The maximum Gasteiger partial charge on any atom is 0.342 e. The molecule has 0 fully saturated rings. The van der Waals surface area contributed by atoms with E-state index in [2.05, 4.69) is 0 Å². The number of aromatic nitrogens is 1. The van der Waals surface area contributed by atoms with Crippen LogP contribution in [0.4, 0.5) is 5.82 Å². The molecule has 2 rings (SSSR count). The third kappa shape index (κ3) is 2.54. The van der Waals surface area contributed by atoms with Gasteiger partial charge >= 0.3 is 5.97 Å². The lowest BCUT2D eigenvalue weighted by molar-refractivity contribution is 0.0527. The molecule has 1 aromatic carbocycles. The summed E-state index contributed by atoms with van der Waals surface area (Å²) in [6, 6.07) is 10.0. The van der Waals surface area contributed by atoms with E-state index in [9.17, 15) is 4.79 Å². The number of carbonyl (C=O) groups is 1. The number of hydrogen-bond acceptors (Lipinski definition) is 3. The van der Waals surface area contributed by atoms with E-state index >= 15 is 0 Å². The number of nitrogens with zero attached hydrogens (tertiary/aromatic N) is 1. The van der Waals surface area contributed by atoms with Crippen molar-refractivity contribution in [1.29, 1.82) is 0 Å². The summed E-state index contributed by atoms with van der Waals surface area (Å²) in [5, 5.41) is 0. The monoisotopic (exact) mass is 272 g/mol. The Bertz CT molecular complexity index is 615. The predicted molar refractivity (Wildman–Crippen MR) is 79.8 cm³/mol. The number of ether oxygens (including phenoxy) is 1. The van der Waals surface area contributed by atoms with Crippen molar-refractivity contribution < 1.29 is 9.53 Å². The van der Waals surface area contributed by atoms with E-state index in [-0.39, 0.29) is 5.97 Å². The van der Waals surface area contributed by atoms with E-state index in [1.165, 1.54) is 0 Å². The number of nitrogen functional groups attached to an aromatic ring is 1. The highest BCUT2D eigenvalue weighted by atomic mass is 16.5. The second-order valence-corrected chi connectivity index (χ2v) is 4.76. The van der Waals surface area contributed by atoms with Gasteiger partial charge in [-0.05, 0) is 31.9 Å². The number of hydrogen-bond donors (Lipinski definition) is 1. The van der Waals surface area contributed by atoms with Crippen molar-refractivity contribution in [2.45, 2.75) is 27.3 Å². The molecule has 20 heavy (non-hydrogen) atoms. The van der Waals surface area contributed by atoms with Crippen LogP contribution < -0.4 is 5.73 Å². The second-order valence-electron chi connectivity index (χ2n) is 4.76. The summed E-state index contributed by atoms with van der Waals surface area (Å²) in [5.74, 6) is 0.125. The van der Waals surface area contributed by atoms with Crippen molar-refractivity contribution in [2.24, 2.45) is 0 Å². The zero-order valence-corrected chi connectivity index (χ0v) is 12.1. The highest BCUT2D eigenvalue weighted by molar-refractivity contribution is 5.96. The van der Waals surface area contributed by atoms with Crippen LogP contribution in [0.3, 0.4) is 0 Å². The van der Waals surface area contributed by atoms with E-state index in [0.29, 0.717) is 24.5 Å². The van der Waals surface area contributed by atoms with Gasteiger partial charge in [0.15, 0.2) is 0 Å². The van der Waals surface area contributed by atoms with Gasteiger partial charge in [0.05, 0.1) is 6.61 Å². The van der Waals surface area contributed by atoms with Crippen molar-refractivity contribution >= 4 is 11.8 Å². The fourth-order valence-electron chi connectivity index (χ4n) is 2.32. The average Bonchev–Trinajstić information content (AvgIpc) is 2.64. The molecule has 0 amide bonds. The Morgan fingerprint density at radius 2 is 1.90 bits per heavy atom. The molecule has 4 nitrogen and oxygen atoms in total. The van der Waals surface area contributed by atoms with Crippen molar-refractivity contribution in [3.05, 3.63) is 52.7 Å². The zero-order chi connectivity index (χ0) is 14.7. The summed E-state index contributed by atoms with van der Waals surface area (Å²) < 4.78 is 7.03. The normalized spacial score (nSPS) is 10.6. The fourth-order valence-corrected chi connectivity index (χ4v) is 2.32. The van der Waals surface area contributed by atoms with Gasteiger partial charge in [-0.3, -0.25) is 0 Å². The Kier molecular flexibility index (Phi) is 4.13. The second kappa shape index (κ2) is 5.82. The molecule has 0 saturated heterocycles. The van der Waals surface area contributed by atoms with Gasteiger partial charge in [-0.2, -0.15) is 0 Å². The molecule has 1 aromatic heterocycles. The third-order valence-corrected chi connectivity index (χ3v) is 3.53. The first-order valence-electron chi connectivity index (χ1n) is 6.72. The average molecular weight is 272 g/mol. The van der Waals surface area contributed by atoms with Gasteiger partial charge in [-0.15, -0.1) is 0 Å². The minimum absolute atomic E-state index is 0.348. The van der Waals surface area contributed by atoms with Crippen LogP contribution in [-0.4, -0.2) is 17.1 Å². The number of carbonyl (C=O) groups excluding carboxylic acids is 1. The van der Waals surface area contributed by atoms with Gasteiger partial charge in [0.25, 0.3) is 0 Å². The topological polar surface area (TPSA) is 57.2 Å². The molecule has 0 saturated carbocycles. The lowest BCUT2D eigenvalue weighted by Gasteiger charge is -2.09. The predicted octanol–water partition coefficient (Wildman–Crippen LogP) is 2.91. The van der Waals surface area contributed by atoms with Gasteiger partial charge < -0.3 is 15.0 Å². The van der Waals surface area contributed by atoms with Gasteiger partial charge in [-0.25, -0.2) is 4.79 Å². The maximum atomic E-state index is 12.0. The molecule has 0 radical (unpaired) electrons. The molecule has 0 aliphatic carbocycles. The van der Waals surface area contributed by atoms with Crippen LogP contribution in [-0.2, 0) is 11.3 Å². The Morgan fingerprint density at radius 3 is 2.50 bits per heavy atom. The fraction of sp³-hybridized carbons (Fsp3) is 0.312. The van der Waals surface area contributed by atoms with Gasteiger partial charge in [0, 0.05) is 12.2 Å². The van der Waals surface area contributed by atoms with E-state index in [4.69, 9.17) is 10.5 Å². The molecule has 106 valence electrons. The van der Waals surface area contributed by atoms with E-state index in [1.54, 1.807) is 6.92 Å². The molecule has 2 aromatic rings. The maximum absolute atomic E-state index is 12.0. The van der Waals surface area contributed by atoms with Gasteiger partial charge in [0.1, 0.15) is 11.4 Å². The van der Waals surface area contributed by atoms with E-state index in [0.717, 1.165) is 16.8 Å². The first-order chi connectivity index (χ1) is 9.56. The van der Waals surface area contributed by atoms with Crippen molar-refractivity contribution in [1.82, 2.24) is 4.57 Å². The number of esters is 1. The number of nitrogens with two attached hydrogens (primary N) is 1. The first kappa shape index (κ1) is 14.2. The molecule has 0 aliphatic rings. The minimum Gasteiger partial charge on any atom is -0.462 e. The molecule has 0 spiro atoms. The van der Waals surface area contributed by atoms with Crippen LogP contribution in [0, 0.1) is 13.8 Å². The molecular formula is C16H20N2O2. The van der Waals surface area contributed by atoms with Crippen LogP contribution in [0.1, 0.15) is 34.1 Å². The van der Waals surface area contributed by atoms with Crippen molar-refractivity contribution in [3.8, 4) is 0 Å². The van der Waals surface area contributed by atoms with Gasteiger partial charge in [-0.1, -0.05) is 30.3 Å². The summed E-state index contributed by atoms with van der Waals surface area (Å²) in [6.07, 6.45) is 0.